The van der Waals surface area contributed by atoms with Crippen LogP contribution in [0.1, 0.15) is 37.5 Å². The highest BCUT2D eigenvalue weighted by Gasteiger charge is 2.30. The van der Waals surface area contributed by atoms with E-state index >= 15 is 0 Å². The van der Waals surface area contributed by atoms with Crippen molar-refractivity contribution in [2.45, 2.75) is 19.3 Å². The standard InChI is InChI=1S/C37H36F3N5O4.C4H4O4/c1-42(35(46)27-8-10-29(11-9-27)37(38,39)40)30-12-15-34(41-22-30)49-31-13-14-32-28(20-31)21-33(43(32)2)36(47)45-18-16-44(17-19-45)23-25-4-6-26(7-5-25)24-48-3;5-3(6)1-2-4(7)8/h4-15,20-22H,16-19,23-24H2,1-3H3;1-2H,(H,5,6)(H,7,8). The number of carbonyl (C=O) groups excluding carboxylic acids is 2. The van der Waals surface area contributed by atoms with E-state index in [0.29, 0.717) is 49.0 Å². The fourth-order valence-corrected chi connectivity index (χ4v) is 6.04. The van der Waals surface area contributed by atoms with Crippen LogP contribution in [0.3, 0.4) is 0 Å². The number of carbonyl (C=O) groups is 4. The van der Waals surface area contributed by atoms with Crippen molar-refractivity contribution in [2.75, 3.05) is 45.2 Å². The van der Waals surface area contributed by atoms with Gasteiger partial charge in [0.25, 0.3) is 11.8 Å². The van der Waals surface area contributed by atoms with Gasteiger partial charge in [0.2, 0.25) is 5.88 Å². The second kappa shape index (κ2) is 18.4. The van der Waals surface area contributed by atoms with Gasteiger partial charge in [0.1, 0.15) is 11.4 Å². The summed E-state index contributed by atoms with van der Waals surface area (Å²) in [5.41, 5.74) is 3.59. The van der Waals surface area contributed by atoms with E-state index in [1.165, 1.54) is 23.7 Å². The number of pyridine rings is 1. The molecule has 2 N–H and O–H groups in total. The topological polar surface area (TPSA) is 155 Å². The van der Waals surface area contributed by atoms with E-state index < -0.39 is 29.6 Å². The summed E-state index contributed by atoms with van der Waals surface area (Å²) in [5.74, 6) is -2.20. The maximum Gasteiger partial charge on any atom is 0.416 e. The third kappa shape index (κ3) is 11.0. The van der Waals surface area contributed by atoms with Crippen LogP contribution in [0.15, 0.2) is 103 Å². The zero-order valence-corrected chi connectivity index (χ0v) is 31.3. The van der Waals surface area contributed by atoms with Crippen LogP contribution >= 0.6 is 0 Å². The fraction of sp³-hybridized carbons (Fsp3) is 0.244. The van der Waals surface area contributed by atoms with Gasteiger partial charge < -0.3 is 34.1 Å². The number of hydrogen-bond donors (Lipinski definition) is 2. The number of rotatable bonds is 11. The first-order chi connectivity index (χ1) is 27.1. The van der Waals surface area contributed by atoms with Gasteiger partial charge in [-0.05, 0) is 65.7 Å². The predicted molar refractivity (Wildman–Crippen MR) is 204 cm³/mol. The number of piperazine rings is 1. The second-order valence-corrected chi connectivity index (χ2v) is 13.0. The van der Waals surface area contributed by atoms with Crippen LogP contribution in [-0.2, 0) is 40.7 Å². The van der Waals surface area contributed by atoms with Crippen LogP contribution in [-0.4, -0.2) is 93.7 Å². The number of carboxylic acid groups (broad SMARTS) is 2. The highest BCUT2D eigenvalue weighted by atomic mass is 19.4. The number of nitrogens with zero attached hydrogens (tertiary/aromatic N) is 5. The number of aromatic nitrogens is 2. The summed E-state index contributed by atoms with van der Waals surface area (Å²) < 4.78 is 51.7. The predicted octanol–water partition coefficient (Wildman–Crippen LogP) is 6.48. The van der Waals surface area contributed by atoms with Crippen molar-refractivity contribution < 1.29 is 52.0 Å². The number of amides is 2. The second-order valence-electron chi connectivity index (χ2n) is 13.0. The molecule has 0 saturated carbocycles. The summed E-state index contributed by atoms with van der Waals surface area (Å²) in [4.78, 5) is 55.4. The highest BCUT2D eigenvalue weighted by Crippen LogP contribution is 2.31. The van der Waals surface area contributed by atoms with Crippen LogP contribution in [0.4, 0.5) is 18.9 Å². The molecule has 0 spiro atoms. The smallest absolute Gasteiger partial charge is 0.416 e. The number of benzene rings is 3. The Labute approximate surface area is 325 Å². The summed E-state index contributed by atoms with van der Waals surface area (Å²) in [6.45, 7) is 4.29. The first-order valence-corrected chi connectivity index (χ1v) is 17.5. The molecule has 6 rings (SSSR count). The van der Waals surface area contributed by atoms with Crippen molar-refractivity contribution in [2.24, 2.45) is 7.05 Å². The van der Waals surface area contributed by atoms with Gasteiger partial charge in [-0.1, -0.05) is 24.3 Å². The van der Waals surface area contributed by atoms with E-state index in [1.807, 2.05) is 34.7 Å². The molecule has 13 nitrogen and oxygen atoms in total. The van der Waals surface area contributed by atoms with Gasteiger partial charge in [0.15, 0.2) is 0 Å². The zero-order valence-electron chi connectivity index (χ0n) is 31.3. The number of methoxy groups -OCH3 is 1. The molecular formula is C41H40F3N5O8. The third-order valence-corrected chi connectivity index (χ3v) is 9.10. The van der Waals surface area contributed by atoms with Gasteiger partial charge in [-0.2, -0.15) is 13.2 Å². The van der Waals surface area contributed by atoms with Crippen molar-refractivity contribution in [3.63, 3.8) is 0 Å². The molecule has 0 radical (unpaired) electrons. The Balaban J connectivity index is 0.000000701. The summed E-state index contributed by atoms with van der Waals surface area (Å²) in [6, 6.07) is 23.1. The monoisotopic (exact) mass is 787 g/mol. The van der Waals surface area contributed by atoms with E-state index in [-0.39, 0.29) is 17.4 Å². The van der Waals surface area contributed by atoms with Gasteiger partial charge in [0.05, 0.1) is 24.1 Å². The van der Waals surface area contributed by atoms with Crippen molar-refractivity contribution in [3.8, 4) is 11.6 Å². The Hall–Kier alpha value is -6.52. The molecule has 3 heterocycles. The molecule has 0 atom stereocenters. The Morgan fingerprint density at radius 3 is 2.04 bits per heavy atom. The van der Waals surface area contributed by atoms with Crippen LogP contribution < -0.4 is 9.64 Å². The van der Waals surface area contributed by atoms with Crippen molar-refractivity contribution in [1.82, 2.24) is 19.4 Å². The summed E-state index contributed by atoms with van der Waals surface area (Å²) in [5, 5.41) is 16.5. The lowest BCUT2D eigenvalue weighted by atomic mass is 10.1. The molecule has 1 aliphatic heterocycles. The van der Waals surface area contributed by atoms with Crippen molar-refractivity contribution >= 4 is 40.3 Å². The molecule has 5 aromatic rings. The Bertz CT molecular complexity index is 2210. The number of anilines is 1. The number of carboxylic acids is 2. The fourth-order valence-electron chi connectivity index (χ4n) is 6.04. The minimum absolute atomic E-state index is 0.0167. The molecule has 1 aliphatic rings. The molecule has 0 bridgehead atoms. The molecule has 298 valence electrons. The number of alkyl halides is 3. The molecule has 1 fully saturated rings. The Morgan fingerprint density at radius 2 is 1.47 bits per heavy atom. The highest BCUT2D eigenvalue weighted by molar-refractivity contribution is 6.05. The summed E-state index contributed by atoms with van der Waals surface area (Å²) in [7, 11) is 5.08. The third-order valence-electron chi connectivity index (χ3n) is 9.10. The molecule has 0 unspecified atom stereocenters. The Kier molecular flexibility index (Phi) is 13.4. The maximum absolute atomic E-state index is 13.6. The molecular weight excluding hydrogens is 747 g/mol. The molecule has 3 aromatic carbocycles. The average molecular weight is 788 g/mol. The SMILES string of the molecule is COCc1ccc(CN2CCN(C(=O)c3cc4cc(Oc5ccc(N(C)C(=O)c6ccc(C(F)(F)F)cc6)cn5)ccc4n3C)CC2)cc1.O=C(O)C=CC(=O)O. The lowest BCUT2D eigenvalue weighted by Crippen LogP contribution is -2.48. The summed E-state index contributed by atoms with van der Waals surface area (Å²) in [6.07, 6.45) is -1.91. The van der Waals surface area contributed by atoms with E-state index in [2.05, 4.69) is 34.1 Å². The number of aryl methyl sites for hydroxylation is 1. The number of fused-ring (bicyclic) bond motifs is 1. The van der Waals surface area contributed by atoms with Gasteiger partial charge in [0, 0.05) is 88.6 Å². The largest absolute Gasteiger partial charge is 0.478 e. The molecule has 1 saturated heterocycles. The number of aliphatic carboxylic acids is 2. The Morgan fingerprint density at radius 1 is 0.842 bits per heavy atom. The quantitative estimate of drug-likeness (QED) is 0.142. The number of ether oxygens (including phenoxy) is 2. The van der Waals surface area contributed by atoms with Gasteiger partial charge in [-0.3, -0.25) is 14.5 Å². The minimum Gasteiger partial charge on any atom is -0.478 e. The average Bonchev–Trinajstić information content (AvgIpc) is 3.52. The van der Waals surface area contributed by atoms with E-state index in [4.69, 9.17) is 19.7 Å². The zero-order chi connectivity index (χ0) is 41.3. The van der Waals surface area contributed by atoms with Crippen molar-refractivity contribution in [3.05, 3.63) is 131 Å². The number of halogens is 3. The maximum atomic E-state index is 13.6. The molecule has 2 amide bonds. The molecule has 2 aromatic heterocycles. The van der Waals surface area contributed by atoms with E-state index in [1.54, 1.807) is 25.3 Å². The van der Waals surface area contributed by atoms with Crippen LogP contribution in [0, 0.1) is 0 Å². The van der Waals surface area contributed by atoms with Gasteiger partial charge in [-0.15, -0.1) is 0 Å². The normalized spacial score (nSPS) is 13.3. The van der Waals surface area contributed by atoms with Crippen LogP contribution in [0.2, 0.25) is 0 Å². The molecule has 16 heteroatoms. The summed E-state index contributed by atoms with van der Waals surface area (Å²) >= 11 is 0. The van der Waals surface area contributed by atoms with E-state index in [9.17, 15) is 32.3 Å². The van der Waals surface area contributed by atoms with Gasteiger partial charge >= 0.3 is 18.1 Å². The first kappa shape index (κ1) is 41.6. The van der Waals surface area contributed by atoms with Crippen LogP contribution in [0.25, 0.3) is 10.9 Å². The minimum atomic E-state index is -4.48. The molecule has 57 heavy (non-hydrogen) atoms. The van der Waals surface area contributed by atoms with Crippen LogP contribution in [0.5, 0.6) is 11.6 Å². The lowest BCUT2D eigenvalue weighted by Gasteiger charge is -2.34. The first-order valence-electron chi connectivity index (χ1n) is 17.5. The van der Waals surface area contributed by atoms with E-state index in [0.717, 1.165) is 60.4 Å². The lowest BCUT2D eigenvalue weighted by molar-refractivity contribution is -0.137. The molecule has 0 aliphatic carbocycles. The van der Waals surface area contributed by atoms with Crippen molar-refractivity contribution in [1.29, 1.82) is 0 Å². The van der Waals surface area contributed by atoms with Gasteiger partial charge in [-0.25, -0.2) is 14.6 Å². The number of hydrogen-bond acceptors (Lipinski definition) is 8.